The van der Waals surface area contributed by atoms with Crippen LogP contribution in [0.1, 0.15) is 18.2 Å². The summed E-state index contributed by atoms with van der Waals surface area (Å²) in [6.07, 6.45) is 1.57. The Labute approximate surface area is 203 Å². The molecule has 0 unspecified atom stereocenters. The molecule has 0 aliphatic carbocycles. The van der Waals surface area contributed by atoms with E-state index in [1.165, 1.54) is 0 Å². The molecule has 0 saturated carbocycles. The number of halogens is 1. The molecule has 0 bridgehead atoms. The van der Waals surface area contributed by atoms with Gasteiger partial charge in [0.15, 0.2) is 11.5 Å². The molecular formula is C26H17BrN2O5. The van der Waals surface area contributed by atoms with E-state index in [4.69, 9.17) is 13.9 Å². The van der Waals surface area contributed by atoms with Gasteiger partial charge in [-0.05, 0) is 60.5 Å². The number of hydrogen-bond acceptors (Lipinski definition) is 6. The summed E-state index contributed by atoms with van der Waals surface area (Å²) in [5.41, 5.74) is 2.03. The Morgan fingerprint density at radius 3 is 2.56 bits per heavy atom. The highest BCUT2D eigenvalue weighted by Gasteiger charge is 2.36. The first-order valence-corrected chi connectivity index (χ1v) is 11.2. The maximum Gasteiger partial charge on any atom is 0.271 e. The van der Waals surface area contributed by atoms with Gasteiger partial charge in [0, 0.05) is 15.6 Å². The number of carbonyl (C=O) groups is 2. The Morgan fingerprint density at radius 1 is 1.03 bits per heavy atom. The van der Waals surface area contributed by atoms with E-state index in [-0.39, 0.29) is 24.5 Å². The molecular weight excluding hydrogens is 500 g/mol. The minimum atomic E-state index is -0.630. The van der Waals surface area contributed by atoms with Gasteiger partial charge in [-0.25, -0.2) is 0 Å². The number of furan rings is 1. The number of fused-ring (bicyclic) bond motifs is 1. The van der Waals surface area contributed by atoms with Gasteiger partial charge in [-0.15, -0.1) is 0 Å². The smallest absolute Gasteiger partial charge is 0.271 e. The van der Waals surface area contributed by atoms with Crippen LogP contribution in [0.2, 0.25) is 0 Å². The maximum absolute atomic E-state index is 13.4. The predicted octanol–water partition coefficient (Wildman–Crippen LogP) is 5.23. The monoisotopic (exact) mass is 516 g/mol. The van der Waals surface area contributed by atoms with Crippen molar-refractivity contribution in [3.05, 3.63) is 87.1 Å². The normalized spacial score (nSPS) is 16.4. The van der Waals surface area contributed by atoms with Gasteiger partial charge in [0.1, 0.15) is 23.2 Å². The minimum Gasteiger partial charge on any atom is -0.457 e. The van der Waals surface area contributed by atoms with Crippen molar-refractivity contribution in [2.45, 2.75) is 13.5 Å². The van der Waals surface area contributed by atoms with Crippen LogP contribution in [0.3, 0.4) is 0 Å². The van der Waals surface area contributed by atoms with Gasteiger partial charge in [-0.2, -0.15) is 5.26 Å². The van der Waals surface area contributed by atoms with E-state index in [1.54, 1.807) is 37.3 Å². The largest absolute Gasteiger partial charge is 0.457 e. The number of ether oxygens (including phenoxy) is 2. The first kappa shape index (κ1) is 21.7. The molecule has 0 spiro atoms. The van der Waals surface area contributed by atoms with Gasteiger partial charge < -0.3 is 13.9 Å². The zero-order valence-corrected chi connectivity index (χ0v) is 19.6. The van der Waals surface area contributed by atoms with Crippen molar-refractivity contribution in [1.82, 2.24) is 4.90 Å². The van der Waals surface area contributed by atoms with Gasteiger partial charge in [-0.1, -0.05) is 34.1 Å². The van der Waals surface area contributed by atoms with E-state index in [0.717, 1.165) is 14.9 Å². The van der Waals surface area contributed by atoms with Crippen LogP contribution in [0.15, 0.2) is 80.2 Å². The van der Waals surface area contributed by atoms with E-state index >= 15 is 0 Å². The first-order chi connectivity index (χ1) is 16.4. The molecule has 0 saturated heterocycles. The molecule has 1 aromatic heterocycles. The van der Waals surface area contributed by atoms with E-state index in [1.807, 2.05) is 36.4 Å². The lowest BCUT2D eigenvalue weighted by atomic mass is 9.94. The molecule has 8 heteroatoms. The number of hydrogen-bond donors (Lipinski definition) is 0. The van der Waals surface area contributed by atoms with Crippen LogP contribution >= 0.6 is 15.9 Å². The average molecular weight is 517 g/mol. The predicted molar refractivity (Wildman–Crippen MR) is 126 cm³/mol. The lowest BCUT2D eigenvalue weighted by molar-refractivity contribution is -0.141. The van der Waals surface area contributed by atoms with Crippen molar-refractivity contribution in [3.8, 4) is 28.9 Å². The molecule has 34 heavy (non-hydrogen) atoms. The summed E-state index contributed by atoms with van der Waals surface area (Å²) in [7, 11) is 0. The maximum atomic E-state index is 13.4. The van der Waals surface area contributed by atoms with Gasteiger partial charge in [-0.3, -0.25) is 14.5 Å². The molecule has 5 rings (SSSR count). The molecule has 168 valence electrons. The molecule has 0 atom stereocenters. The molecule has 2 aromatic carbocycles. The molecule has 2 aliphatic heterocycles. The topological polar surface area (TPSA) is 92.8 Å². The SMILES string of the molecule is CC1=C(C#N)C(=O)N(Cc2ccc3c(c2)OCO3)C(=O)/C1=C/c1ccc(-c2ccc(Br)cc2)o1. The Bertz CT molecular complexity index is 1430. The molecule has 0 N–H and O–H groups in total. The van der Waals surface area contributed by atoms with Crippen LogP contribution in [-0.2, 0) is 16.1 Å². The molecule has 3 aromatic rings. The Balaban J connectivity index is 1.48. The standard InChI is InChI=1S/C26H17BrN2O5/c1-15-20(11-19-7-9-22(34-19)17-3-5-18(27)6-4-17)25(30)29(26(31)21(15)12-28)13-16-2-8-23-24(10-16)33-14-32-23/h2-11H,13-14H2,1H3/b20-11+. The van der Waals surface area contributed by atoms with Crippen molar-refractivity contribution in [2.75, 3.05) is 6.79 Å². The van der Waals surface area contributed by atoms with Crippen molar-refractivity contribution in [3.63, 3.8) is 0 Å². The summed E-state index contributed by atoms with van der Waals surface area (Å²) in [6.45, 7) is 1.71. The summed E-state index contributed by atoms with van der Waals surface area (Å²) in [4.78, 5) is 27.4. The number of nitriles is 1. The van der Waals surface area contributed by atoms with Gasteiger partial charge >= 0.3 is 0 Å². The number of benzene rings is 2. The summed E-state index contributed by atoms with van der Waals surface area (Å²) in [6, 6.07) is 18.4. The second kappa shape index (κ2) is 8.69. The van der Waals surface area contributed by atoms with Crippen LogP contribution < -0.4 is 9.47 Å². The lowest BCUT2D eigenvalue weighted by Gasteiger charge is -2.27. The van der Waals surface area contributed by atoms with Gasteiger partial charge in [0.25, 0.3) is 11.8 Å². The van der Waals surface area contributed by atoms with E-state index in [9.17, 15) is 14.9 Å². The molecule has 3 heterocycles. The zero-order valence-electron chi connectivity index (χ0n) is 18.0. The van der Waals surface area contributed by atoms with Gasteiger partial charge in [0.05, 0.1) is 6.54 Å². The summed E-state index contributed by atoms with van der Waals surface area (Å²) >= 11 is 3.41. The number of rotatable bonds is 4. The zero-order chi connectivity index (χ0) is 23.8. The number of carbonyl (C=O) groups excluding carboxylic acids is 2. The fraction of sp³-hybridized carbons (Fsp3) is 0.115. The van der Waals surface area contributed by atoms with Crippen molar-refractivity contribution >= 4 is 33.8 Å². The number of imide groups is 1. The van der Waals surface area contributed by atoms with Crippen LogP contribution in [0, 0.1) is 11.3 Å². The molecule has 2 amide bonds. The highest BCUT2D eigenvalue weighted by molar-refractivity contribution is 9.10. The lowest BCUT2D eigenvalue weighted by Crippen LogP contribution is -2.42. The molecule has 0 fully saturated rings. The molecule has 7 nitrogen and oxygen atoms in total. The van der Waals surface area contributed by atoms with Crippen molar-refractivity contribution in [2.24, 2.45) is 0 Å². The van der Waals surface area contributed by atoms with Crippen LogP contribution in [0.5, 0.6) is 11.5 Å². The highest BCUT2D eigenvalue weighted by Crippen LogP contribution is 2.34. The van der Waals surface area contributed by atoms with Crippen molar-refractivity contribution in [1.29, 1.82) is 5.26 Å². The molecule has 0 radical (unpaired) electrons. The minimum absolute atomic E-state index is 0.00754. The van der Waals surface area contributed by atoms with Gasteiger partial charge in [0.2, 0.25) is 6.79 Å². The third-order valence-corrected chi connectivity index (χ3v) is 6.17. The fourth-order valence-electron chi connectivity index (χ4n) is 3.84. The van der Waals surface area contributed by atoms with E-state index in [2.05, 4.69) is 15.9 Å². The Hall–Kier alpha value is -4.09. The third-order valence-electron chi connectivity index (χ3n) is 5.65. The van der Waals surface area contributed by atoms with Crippen molar-refractivity contribution < 1.29 is 23.5 Å². The second-order valence-corrected chi connectivity index (χ2v) is 8.68. The summed E-state index contributed by atoms with van der Waals surface area (Å²) in [5.74, 6) is 1.10. The van der Waals surface area contributed by atoms with E-state index < -0.39 is 11.8 Å². The van der Waals surface area contributed by atoms with Crippen LogP contribution in [-0.4, -0.2) is 23.5 Å². The van der Waals surface area contributed by atoms with E-state index in [0.29, 0.717) is 34.2 Å². The molecule has 2 aliphatic rings. The number of nitrogens with zero attached hydrogens (tertiary/aromatic N) is 2. The fourth-order valence-corrected chi connectivity index (χ4v) is 4.10. The quantitative estimate of drug-likeness (QED) is 0.348. The first-order valence-electron chi connectivity index (χ1n) is 10.4. The Morgan fingerprint density at radius 2 is 1.79 bits per heavy atom. The second-order valence-electron chi connectivity index (χ2n) is 7.76. The number of amides is 2. The Kier molecular flexibility index (Phi) is 5.56. The van der Waals surface area contributed by atoms with Crippen LogP contribution in [0.4, 0.5) is 0 Å². The van der Waals surface area contributed by atoms with Crippen LogP contribution in [0.25, 0.3) is 17.4 Å². The summed E-state index contributed by atoms with van der Waals surface area (Å²) < 4.78 is 17.6. The highest BCUT2D eigenvalue weighted by atomic mass is 79.9. The summed E-state index contributed by atoms with van der Waals surface area (Å²) in [5, 5.41) is 9.63. The third kappa shape index (κ3) is 3.91. The average Bonchev–Trinajstić information content (AvgIpc) is 3.50.